The van der Waals surface area contributed by atoms with Crippen LogP contribution in [-0.2, 0) is 28.5 Å². The Bertz CT molecular complexity index is 1360. The van der Waals surface area contributed by atoms with Crippen LogP contribution in [-0.4, -0.2) is 35.9 Å². The topological polar surface area (TPSA) is 81.8 Å². The van der Waals surface area contributed by atoms with E-state index in [9.17, 15) is 23.1 Å². The number of aliphatic carboxylic acids is 1. The number of halogens is 3. The molecule has 4 rings (SSSR count). The highest BCUT2D eigenvalue weighted by Gasteiger charge is 2.30. The third-order valence-corrected chi connectivity index (χ3v) is 5.89. The van der Waals surface area contributed by atoms with Crippen LogP contribution in [0.3, 0.4) is 0 Å². The maximum absolute atomic E-state index is 12.8. The van der Waals surface area contributed by atoms with Gasteiger partial charge in [0.1, 0.15) is 11.5 Å². The smallest absolute Gasteiger partial charge is 0.416 e. The third kappa shape index (κ3) is 5.52. The van der Waals surface area contributed by atoms with Crippen LogP contribution in [0.25, 0.3) is 22.2 Å². The van der Waals surface area contributed by atoms with E-state index in [0.29, 0.717) is 35.8 Å². The Morgan fingerprint density at radius 3 is 2.39 bits per heavy atom. The molecule has 0 bridgehead atoms. The van der Waals surface area contributed by atoms with Crippen molar-refractivity contribution < 1.29 is 37.0 Å². The summed E-state index contributed by atoms with van der Waals surface area (Å²) in [6.07, 6.45) is -4.71. The van der Waals surface area contributed by atoms with E-state index in [1.54, 1.807) is 13.0 Å². The van der Waals surface area contributed by atoms with E-state index in [-0.39, 0.29) is 12.3 Å². The first-order valence-corrected chi connectivity index (χ1v) is 11.2. The number of hydrogen-bond acceptors (Lipinski definition) is 5. The molecule has 1 aromatic heterocycles. The van der Waals surface area contributed by atoms with E-state index in [1.165, 1.54) is 19.2 Å². The number of carbonyl (C=O) groups is 1. The SMILES string of the molecule is COC(Cc1ccc(OCCc2nc(-c3ccc(C(F)(F)F)cc3)oc2C)c2ccccc12)C(=O)O. The Kier molecular flexibility index (Phi) is 7.30. The molecule has 1 unspecified atom stereocenters. The van der Waals surface area contributed by atoms with Crippen molar-refractivity contribution >= 4 is 16.7 Å². The predicted octanol–water partition coefficient (Wildman–Crippen LogP) is 6.09. The van der Waals surface area contributed by atoms with Gasteiger partial charge >= 0.3 is 12.1 Å². The summed E-state index contributed by atoms with van der Waals surface area (Å²) in [5, 5.41) is 11.0. The molecular weight excluding hydrogens is 475 g/mol. The number of rotatable bonds is 9. The van der Waals surface area contributed by atoms with Crippen molar-refractivity contribution in [3.8, 4) is 17.2 Å². The molecule has 0 radical (unpaired) electrons. The van der Waals surface area contributed by atoms with Gasteiger partial charge < -0.3 is 19.0 Å². The summed E-state index contributed by atoms with van der Waals surface area (Å²) < 4.78 is 55.2. The summed E-state index contributed by atoms with van der Waals surface area (Å²) in [7, 11) is 1.37. The largest absolute Gasteiger partial charge is 0.493 e. The van der Waals surface area contributed by atoms with Crippen molar-refractivity contribution in [1.82, 2.24) is 4.98 Å². The fourth-order valence-corrected chi connectivity index (χ4v) is 3.95. The molecule has 36 heavy (non-hydrogen) atoms. The van der Waals surface area contributed by atoms with Gasteiger partial charge in [-0.25, -0.2) is 9.78 Å². The van der Waals surface area contributed by atoms with Crippen molar-refractivity contribution in [3.63, 3.8) is 0 Å². The lowest BCUT2D eigenvalue weighted by molar-refractivity contribution is -0.148. The van der Waals surface area contributed by atoms with Crippen LogP contribution in [0.5, 0.6) is 5.75 Å². The number of hydrogen-bond donors (Lipinski definition) is 1. The molecule has 0 fully saturated rings. The molecule has 3 aromatic carbocycles. The van der Waals surface area contributed by atoms with Crippen LogP contribution >= 0.6 is 0 Å². The van der Waals surface area contributed by atoms with Crippen molar-refractivity contribution in [3.05, 3.63) is 83.2 Å². The van der Waals surface area contributed by atoms with Gasteiger partial charge in [0.2, 0.25) is 5.89 Å². The molecule has 0 saturated carbocycles. The average molecular weight is 499 g/mol. The fraction of sp³-hybridized carbons (Fsp3) is 0.259. The Hall–Kier alpha value is -3.85. The first kappa shape index (κ1) is 25.2. The number of alkyl halides is 3. The molecule has 6 nitrogen and oxygen atoms in total. The number of aromatic nitrogens is 1. The van der Waals surface area contributed by atoms with E-state index in [0.717, 1.165) is 28.5 Å². The number of ether oxygens (including phenoxy) is 2. The number of oxazole rings is 1. The van der Waals surface area contributed by atoms with Gasteiger partial charge in [-0.05, 0) is 48.2 Å². The molecule has 0 aliphatic rings. The molecule has 9 heteroatoms. The molecule has 4 aromatic rings. The number of fused-ring (bicyclic) bond motifs is 1. The van der Waals surface area contributed by atoms with Crippen molar-refractivity contribution in [2.75, 3.05) is 13.7 Å². The summed E-state index contributed by atoms with van der Waals surface area (Å²) in [5.74, 6) is 0.424. The molecule has 0 spiro atoms. The minimum atomic E-state index is -4.41. The fourth-order valence-electron chi connectivity index (χ4n) is 3.95. The quantitative estimate of drug-likeness (QED) is 0.300. The summed E-state index contributed by atoms with van der Waals surface area (Å²) in [5.41, 5.74) is 1.20. The number of aryl methyl sites for hydroxylation is 1. The van der Waals surface area contributed by atoms with Crippen molar-refractivity contribution in [1.29, 1.82) is 0 Å². The summed E-state index contributed by atoms with van der Waals surface area (Å²) in [6, 6.07) is 15.9. The summed E-state index contributed by atoms with van der Waals surface area (Å²) >= 11 is 0. The van der Waals surface area contributed by atoms with Gasteiger partial charge in [-0.3, -0.25) is 0 Å². The van der Waals surface area contributed by atoms with E-state index >= 15 is 0 Å². The number of benzene rings is 3. The molecular formula is C27H24F3NO5. The second-order valence-electron chi connectivity index (χ2n) is 8.23. The van der Waals surface area contributed by atoms with Crippen LogP contribution in [0, 0.1) is 6.92 Å². The Labute approximate surface area is 205 Å². The van der Waals surface area contributed by atoms with Crippen LogP contribution in [0.4, 0.5) is 13.2 Å². The van der Waals surface area contributed by atoms with Crippen LogP contribution in [0.1, 0.15) is 22.6 Å². The first-order valence-electron chi connectivity index (χ1n) is 11.2. The Morgan fingerprint density at radius 2 is 1.75 bits per heavy atom. The van der Waals surface area contributed by atoms with Gasteiger partial charge in [0.05, 0.1) is 17.9 Å². The summed E-state index contributed by atoms with van der Waals surface area (Å²) in [6.45, 7) is 2.04. The highest BCUT2D eigenvalue weighted by atomic mass is 19.4. The van der Waals surface area contributed by atoms with E-state index in [1.807, 2.05) is 30.3 Å². The van der Waals surface area contributed by atoms with E-state index in [2.05, 4.69) is 4.98 Å². The lowest BCUT2D eigenvalue weighted by Gasteiger charge is -2.15. The van der Waals surface area contributed by atoms with Gasteiger partial charge in [-0.1, -0.05) is 30.3 Å². The second kappa shape index (κ2) is 10.4. The first-order chi connectivity index (χ1) is 17.2. The monoisotopic (exact) mass is 499 g/mol. The lowest BCUT2D eigenvalue weighted by Crippen LogP contribution is -2.24. The Morgan fingerprint density at radius 1 is 1.06 bits per heavy atom. The van der Waals surface area contributed by atoms with E-state index in [4.69, 9.17) is 13.9 Å². The molecule has 1 heterocycles. The molecule has 0 amide bonds. The molecule has 0 aliphatic heterocycles. The zero-order valence-corrected chi connectivity index (χ0v) is 19.6. The highest BCUT2D eigenvalue weighted by Crippen LogP contribution is 2.32. The number of carboxylic acids is 1. The molecule has 1 atom stereocenters. The van der Waals surface area contributed by atoms with Gasteiger partial charge in [0.15, 0.2) is 6.10 Å². The highest BCUT2D eigenvalue weighted by molar-refractivity contribution is 5.91. The molecule has 0 saturated heterocycles. The van der Waals surface area contributed by atoms with Crippen LogP contribution in [0.15, 0.2) is 65.1 Å². The van der Waals surface area contributed by atoms with Crippen molar-refractivity contribution in [2.45, 2.75) is 32.0 Å². The zero-order chi connectivity index (χ0) is 25.9. The maximum Gasteiger partial charge on any atom is 0.416 e. The minimum Gasteiger partial charge on any atom is -0.493 e. The van der Waals surface area contributed by atoms with Gasteiger partial charge in [0.25, 0.3) is 0 Å². The molecule has 0 aliphatic carbocycles. The number of carboxylic acid groups (broad SMARTS) is 1. The minimum absolute atomic E-state index is 0.220. The molecule has 188 valence electrons. The zero-order valence-electron chi connectivity index (χ0n) is 19.6. The molecule has 1 N–H and O–H groups in total. The van der Waals surface area contributed by atoms with E-state index < -0.39 is 23.8 Å². The Balaban J connectivity index is 1.47. The van der Waals surface area contributed by atoms with Gasteiger partial charge in [0, 0.05) is 30.9 Å². The predicted molar refractivity (Wildman–Crippen MR) is 127 cm³/mol. The van der Waals surface area contributed by atoms with Crippen LogP contribution in [0.2, 0.25) is 0 Å². The number of methoxy groups -OCH3 is 1. The van der Waals surface area contributed by atoms with Gasteiger partial charge in [-0.15, -0.1) is 0 Å². The standard InChI is InChI=1S/C27H24F3NO5/c1-16-22(31-25(36-16)17-7-10-19(11-8-17)27(28,29)30)13-14-35-23-12-9-18(15-24(34-2)26(32)33)20-5-3-4-6-21(20)23/h3-12,24H,13-15H2,1-2H3,(H,32,33). The van der Waals surface area contributed by atoms with Gasteiger partial charge in [-0.2, -0.15) is 13.2 Å². The normalized spacial score (nSPS) is 12.6. The maximum atomic E-state index is 12.8. The average Bonchev–Trinajstić information content (AvgIpc) is 3.23. The lowest BCUT2D eigenvalue weighted by atomic mass is 9.99. The second-order valence-corrected chi connectivity index (χ2v) is 8.23. The summed E-state index contributed by atoms with van der Waals surface area (Å²) in [4.78, 5) is 15.8. The van der Waals surface area contributed by atoms with Crippen LogP contribution < -0.4 is 4.74 Å². The number of nitrogens with zero attached hydrogens (tertiary/aromatic N) is 1. The third-order valence-electron chi connectivity index (χ3n) is 5.89. The van der Waals surface area contributed by atoms with Crippen molar-refractivity contribution in [2.24, 2.45) is 0 Å².